The van der Waals surface area contributed by atoms with E-state index in [1.54, 1.807) is 33.8 Å². The second-order valence-corrected chi connectivity index (χ2v) is 13.1. The van der Waals surface area contributed by atoms with Crippen LogP contribution in [0.4, 0.5) is 4.79 Å². The van der Waals surface area contributed by atoms with E-state index in [0.717, 1.165) is 4.31 Å². The van der Waals surface area contributed by atoms with Crippen LogP contribution in [0.3, 0.4) is 0 Å². The molecule has 4 amide bonds. The van der Waals surface area contributed by atoms with Crippen molar-refractivity contribution < 1.29 is 37.4 Å². The van der Waals surface area contributed by atoms with E-state index < -0.39 is 63.4 Å². The third kappa shape index (κ3) is 8.90. The van der Waals surface area contributed by atoms with Crippen LogP contribution >= 0.6 is 0 Å². The Labute approximate surface area is 230 Å². The van der Waals surface area contributed by atoms with Crippen LogP contribution in [-0.2, 0) is 29.3 Å². The topological polar surface area (TPSA) is 174 Å². The van der Waals surface area contributed by atoms with Gasteiger partial charge in [-0.1, -0.05) is 31.9 Å². The Hall–Kier alpha value is -2.71. The van der Waals surface area contributed by atoms with E-state index in [-0.39, 0.29) is 19.4 Å². The van der Waals surface area contributed by atoms with Gasteiger partial charge in [0.15, 0.2) is 0 Å². The molecule has 0 aromatic rings. The molecule has 0 unspecified atom stereocenters. The Morgan fingerprint density at radius 1 is 1.23 bits per heavy atom. The largest absolute Gasteiger partial charge is 0.444 e. The van der Waals surface area contributed by atoms with E-state index >= 15 is 0 Å². The highest BCUT2D eigenvalue weighted by molar-refractivity contribution is 7.87. The molecule has 0 bridgehead atoms. The first kappa shape index (κ1) is 32.5. The van der Waals surface area contributed by atoms with E-state index in [1.807, 2.05) is 4.72 Å². The molecule has 14 heteroatoms. The summed E-state index contributed by atoms with van der Waals surface area (Å²) in [6.07, 6.45) is 4.23. The molecule has 2 heterocycles. The second-order valence-electron chi connectivity index (χ2n) is 11.2. The number of alkyl carbamates (subject to hydrolysis) is 1. The summed E-state index contributed by atoms with van der Waals surface area (Å²) in [6.45, 7) is 6.59. The first-order valence-corrected chi connectivity index (χ1v) is 14.7. The number of nitrogens with one attached hydrogen (secondary N) is 3. The molecule has 39 heavy (non-hydrogen) atoms. The van der Waals surface area contributed by atoms with E-state index in [2.05, 4.69) is 10.6 Å². The Morgan fingerprint density at radius 2 is 1.90 bits per heavy atom. The molecule has 4 N–H and O–H groups in total. The minimum absolute atomic E-state index is 0.0239. The maximum Gasteiger partial charge on any atom is 0.408 e. The average molecular weight is 574 g/mol. The number of ether oxygens (including phenoxy) is 1. The van der Waals surface area contributed by atoms with E-state index in [4.69, 9.17) is 4.74 Å². The predicted octanol–water partition coefficient (Wildman–Crippen LogP) is 0.549. The molecule has 0 aromatic carbocycles. The molecule has 222 valence electrons. The highest BCUT2D eigenvalue weighted by atomic mass is 32.2. The Balaban J connectivity index is 2.42. The molecule has 13 nitrogen and oxygen atoms in total. The molecule has 1 saturated heterocycles. The minimum atomic E-state index is -4.15. The maximum absolute atomic E-state index is 13.6. The maximum atomic E-state index is 13.6. The molecular formula is C25H43N5O8S. The van der Waals surface area contributed by atoms with Gasteiger partial charge < -0.3 is 25.4 Å². The van der Waals surface area contributed by atoms with Crippen molar-refractivity contribution in [1.29, 1.82) is 0 Å². The number of allylic oxidation sites excluding steroid dienone is 1. The van der Waals surface area contributed by atoms with Crippen molar-refractivity contribution in [3.63, 3.8) is 0 Å². The summed E-state index contributed by atoms with van der Waals surface area (Å²) in [5, 5.41) is 15.7. The zero-order chi connectivity index (χ0) is 29.6. The highest BCUT2D eigenvalue weighted by Gasteiger charge is 2.45. The van der Waals surface area contributed by atoms with Crippen molar-refractivity contribution in [3.8, 4) is 0 Å². The van der Waals surface area contributed by atoms with Crippen molar-refractivity contribution in [3.05, 3.63) is 12.2 Å². The summed E-state index contributed by atoms with van der Waals surface area (Å²) in [5.41, 5.74) is -2.50. The molecule has 0 aromatic heterocycles. The van der Waals surface area contributed by atoms with Crippen LogP contribution in [0.5, 0.6) is 0 Å². The van der Waals surface area contributed by atoms with Crippen molar-refractivity contribution in [2.75, 3.05) is 20.6 Å². The minimum Gasteiger partial charge on any atom is -0.444 e. The molecule has 2 aliphatic heterocycles. The van der Waals surface area contributed by atoms with Gasteiger partial charge in [0, 0.05) is 27.1 Å². The number of hydrogen-bond donors (Lipinski definition) is 4. The van der Waals surface area contributed by atoms with Crippen LogP contribution in [-0.4, -0.2) is 96.5 Å². The normalized spacial score (nSPS) is 28.2. The van der Waals surface area contributed by atoms with Crippen molar-refractivity contribution in [1.82, 2.24) is 24.6 Å². The summed E-state index contributed by atoms with van der Waals surface area (Å²) >= 11 is 0. The number of aliphatic hydroxyl groups excluding tert-OH is 1. The number of carbonyl (C=O) groups excluding carboxylic acids is 4. The molecule has 0 aliphatic carbocycles. The summed E-state index contributed by atoms with van der Waals surface area (Å²) < 4.78 is 32.9. The van der Waals surface area contributed by atoms with E-state index in [9.17, 15) is 32.7 Å². The third-order valence-electron chi connectivity index (χ3n) is 6.63. The number of nitrogens with zero attached hydrogens (tertiary/aromatic N) is 2. The van der Waals surface area contributed by atoms with Gasteiger partial charge in [-0.2, -0.15) is 12.7 Å². The second kappa shape index (κ2) is 13.1. The summed E-state index contributed by atoms with van der Waals surface area (Å²) in [7, 11) is -1.62. The van der Waals surface area contributed by atoms with Crippen LogP contribution in [0.1, 0.15) is 72.6 Å². The number of amides is 4. The van der Waals surface area contributed by atoms with Gasteiger partial charge in [0.2, 0.25) is 11.8 Å². The van der Waals surface area contributed by atoms with Crippen LogP contribution in [0.2, 0.25) is 0 Å². The standard InChI is InChI=1S/C25H43N5O8S/c1-7-25(22(34)28-39(36,37)29(5)6)14-12-10-8-9-11-13-18(26-23(35)38-24(2,3)4)21(33)30-16-17(31)15-19(30)20(32)27-25/h12,14,17-19,31H,7-11,13,15-16H2,1-6H3,(H,26,35)(H,27,32)(H,28,34)/b14-12-/t17-,18+,19+,25-/m1/s1. The SMILES string of the molecule is CC[C@]1(C(=O)NS(=O)(=O)N(C)C)/C=C\CCCCC[C@H](NC(=O)OC(C)(C)C)C(=O)N2C[C@H](O)C[C@H]2C(=O)N1. The lowest BCUT2D eigenvalue weighted by molar-refractivity contribution is -0.141. The van der Waals surface area contributed by atoms with Gasteiger partial charge in [-0.15, -0.1) is 0 Å². The van der Waals surface area contributed by atoms with Gasteiger partial charge in [-0.3, -0.25) is 14.4 Å². The van der Waals surface area contributed by atoms with Crippen LogP contribution < -0.4 is 15.4 Å². The molecule has 0 spiro atoms. The first-order chi connectivity index (χ1) is 18.0. The van der Waals surface area contributed by atoms with Crippen molar-refractivity contribution in [2.24, 2.45) is 0 Å². The first-order valence-electron chi connectivity index (χ1n) is 13.2. The zero-order valence-electron chi connectivity index (χ0n) is 23.7. The Bertz CT molecular complexity index is 1060. The number of rotatable bonds is 5. The van der Waals surface area contributed by atoms with Crippen LogP contribution in [0.25, 0.3) is 0 Å². The summed E-state index contributed by atoms with van der Waals surface area (Å²) in [5.74, 6) is -2.22. The fourth-order valence-electron chi connectivity index (χ4n) is 4.43. The van der Waals surface area contributed by atoms with Gasteiger partial charge in [0.05, 0.1) is 6.10 Å². The number of hydrogen-bond acceptors (Lipinski definition) is 8. The highest BCUT2D eigenvalue weighted by Crippen LogP contribution is 2.24. The molecule has 0 radical (unpaired) electrons. The fraction of sp³-hybridized carbons (Fsp3) is 0.760. The molecule has 2 rings (SSSR count). The van der Waals surface area contributed by atoms with E-state index in [1.165, 1.54) is 25.1 Å². The predicted molar refractivity (Wildman–Crippen MR) is 143 cm³/mol. The summed E-state index contributed by atoms with van der Waals surface area (Å²) in [6, 6.07) is -2.13. The molecule has 4 atom stereocenters. The molecule has 0 saturated carbocycles. The Morgan fingerprint density at radius 3 is 2.49 bits per heavy atom. The third-order valence-corrected chi connectivity index (χ3v) is 8.04. The molecule has 1 fully saturated rings. The van der Waals surface area contributed by atoms with Gasteiger partial charge in [-0.05, 0) is 46.5 Å². The van der Waals surface area contributed by atoms with Gasteiger partial charge in [-0.25, -0.2) is 9.52 Å². The number of fused-ring (bicyclic) bond motifs is 1. The van der Waals surface area contributed by atoms with Gasteiger partial charge in [0.1, 0.15) is 23.2 Å². The van der Waals surface area contributed by atoms with E-state index in [0.29, 0.717) is 32.1 Å². The Kier molecular flexibility index (Phi) is 10.9. The summed E-state index contributed by atoms with van der Waals surface area (Å²) in [4.78, 5) is 54.1. The smallest absolute Gasteiger partial charge is 0.408 e. The van der Waals surface area contributed by atoms with Crippen molar-refractivity contribution in [2.45, 2.75) is 102 Å². The van der Waals surface area contributed by atoms with Gasteiger partial charge >= 0.3 is 16.3 Å². The van der Waals surface area contributed by atoms with Crippen molar-refractivity contribution >= 4 is 34.0 Å². The average Bonchev–Trinajstić information content (AvgIpc) is 3.21. The van der Waals surface area contributed by atoms with Crippen LogP contribution in [0, 0.1) is 0 Å². The van der Waals surface area contributed by atoms with Gasteiger partial charge in [0.25, 0.3) is 5.91 Å². The molecular weight excluding hydrogens is 530 g/mol. The lowest BCUT2D eigenvalue weighted by Gasteiger charge is -2.34. The lowest BCUT2D eigenvalue weighted by atomic mass is 9.92. The van der Waals surface area contributed by atoms with Crippen LogP contribution in [0.15, 0.2) is 12.2 Å². The quantitative estimate of drug-likeness (QED) is 0.345. The monoisotopic (exact) mass is 573 g/mol. The number of aliphatic hydroxyl groups is 1. The zero-order valence-corrected chi connectivity index (χ0v) is 24.5. The lowest BCUT2D eigenvalue weighted by Crippen LogP contribution is -2.62. The molecule has 2 aliphatic rings. The number of carbonyl (C=O) groups is 4. The fourth-order valence-corrected chi connectivity index (χ4v) is 5.03.